The van der Waals surface area contributed by atoms with Gasteiger partial charge in [0.2, 0.25) is 5.96 Å². The van der Waals surface area contributed by atoms with Crippen LogP contribution in [0.4, 0.5) is 5.69 Å². The monoisotopic (exact) mass is 304 g/mol. The first-order valence-electron chi connectivity index (χ1n) is 5.98. The number of anilines is 1. The van der Waals surface area contributed by atoms with Crippen molar-refractivity contribution in [2.75, 3.05) is 25.1 Å². The first-order valence-corrected chi connectivity index (χ1v) is 6.73. The third-order valence-electron chi connectivity index (χ3n) is 2.24. The van der Waals surface area contributed by atoms with Crippen LogP contribution in [0.1, 0.15) is 13.3 Å². The summed E-state index contributed by atoms with van der Waals surface area (Å²) < 4.78 is 5.22. The van der Waals surface area contributed by atoms with Gasteiger partial charge in [0, 0.05) is 24.8 Å². The zero-order valence-electron chi connectivity index (χ0n) is 10.7. The van der Waals surface area contributed by atoms with Gasteiger partial charge in [-0.05, 0) is 31.5 Å². The molecule has 0 aliphatic carbocycles. The van der Waals surface area contributed by atoms with Crippen molar-refractivity contribution in [1.29, 1.82) is 0 Å². The van der Waals surface area contributed by atoms with E-state index in [1.165, 1.54) is 0 Å². The summed E-state index contributed by atoms with van der Waals surface area (Å²) in [5.41, 5.74) is 3.13. The molecule has 0 saturated heterocycles. The molecule has 19 heavy (non-hydrogen) atoms. The molecule has 0 unspecified atom stereocenters. The van der Waals surface area contributed by atoms with E-state index in [1.807, 2.05) is 6.92 Å². The molecule has 0 aliphatic heterocycles. The van der Waals surface area contributed by atoms with Gasteiger partial charge < -0.3 is 10.1 Å². The summed E-state index contributed by atoms with van der Waals surface area (Å²) in [6, 6.07) is 5.12. The summed E-state index contributed by atoms with van der Waals surface area (Å²) >= 11 is 11.9. The molecule has 1 aromatic carbocycles. The highest BCUT2D eigenvalue weighted by atomic mass is 35.5. The Bertz CT molecular complexity index is 426. The number of halogens is 2. The molecule has 106 valence electrons. The summed E-state index contributed by atoms with van der Waals surface area (Å²) in [4.78, 5) is 4.27. The molecular formula is C12H18Cl2N4O. The number of aliphatic imine (C=N–C) groups is 1. The van der Waals surface area contributed by atoms with Gasteiger partial charge in [-0.1, -0.05) is 23.2 Å². The smallest absolute Gasteiger partial charge is 0.210 e. The third-order valence-corrected chi connectivity index (χ3v) is 2.80. The van der Waals surface area contributed by atoms with Crippen LogP contribution in [0.25, 0.3) is 0 Å². The van der Waals surface area contributed by atoms with Crippen LogP contribution in [0.2, 0.25) is 10.0 Å². The maximum absolute atomic E-state index is 6.04. The molecule has 0 aromatic heterocycles. The van der Waals surface area contributed by atoms with Gasteiger partial charge in [-0.3, -0.25) is 10.4 Å². The van der Waals surface area contributed by atoms with Crippen LogP contribution in [0, 0.1) is 0 Å². The standard InChI is InChI=1S/C12H18Cl2N4O/c1-2-19-7-3-6-16-12(18-15)17-11-8-9(13)4-5-10(11)14/h4-5,8H,2-3,6-7,15H2,1H3,(H2,16,17,18). The van der Waals surface area contributed by atoms with Gasteiger partial charge in [-0.2, -0.15) is 0 Å². The molecule has 0 atom stereocenters. The molecule has 1 aromatic rings. The summed E-state index contributed by atoms with van der Waals surface area (Å²) in [7, 11) is 0. The lowest BCUT2D eigenvalue weighted by molar-refractivity contribution is 0.146. The zero-order chi connectivity index (χ0) is 14.1. The van der Waals surface area contributed by atoms with E-state index in [0.29, 0.717) is 41.5 Å². The van der Waals surface area contributed by atoms with Crippen LogP contribution < -0.4 is 16.6 Å². The number of guanidine groups is 1. The molecule has 5 nitrogen and oxygen atoms in total. The number of hydrazine groups is 1. The number of nitrogens with zero attached hydrogens (tertiary/aromatic N) is 1. The quantitative estimate of drug-likeness (QED) is 0.248. The van der Waals surface area contributed by atoms with Gasteiger partial charge in [-0.25, -0.2) is 5.84 Å². The van der Waals surface area contributed by atoms with E-state index >= 15 is 0 Å². The summed E-state index contributed by atoms with van der Waals surface area (Å²) in [6.07, 6.45) is 0.823. The van der Waals surface area contributed by atoms with Crippen molar-refractivity contribution < 1.29 is 4.74 Å². The molecule has 0 aliphatic rings. The first-order chi connectivity index (χ1) is 9.17. The van der Waals surface area contributed by atoms with Crippen molar-refractivity contribution >= 4 is 34.8 Å². The van der Waals surface area contributed by atoms with E-state index in [-0.39, 0.29) is 0 Å². The lowest BCUT2D eigenvalue weighted by Crippen LogP contribution is -2.36. The SMILES string of the molecule is CCOCCCN=C(NN)Nc1cc(Cl)ccc1Cl. The lowest BCUT2D eigenvalue weighted by Gasteiger charge is -2.11. The number of rotatable bonds is 6. The number of hydrogen-bond acceptors (Lipinski definition) is 3. The minimum Gasteiger partial charge on any atom is -0.382 e. The average molecular weight is 305 g/mol. The molecule has 0 heterocycles. The zero-order valence-corrected chi connectivity index (χ0v) is 12.3. The Morgan fingerprint density at radius 2 is 2.21 bits per heavy atom. The van der Waals surface area contributed by atoms with E-state index in [9.17, 15) is 0 Å². The largest absolute Gasteiger partial charge is 0.382 e. The van der Waals surface area contributed by atoms with Crippen LogP contribution in [0.15, 0.2) is 23.2 Å². The first kappa shape index (κ1) is 16.0. The molecule has 0 saturated carbocycles. The Morgan fingerprint density at radius 3 is 2.89 bits per heavy atom. The van der Waals surface area contributed by atoms with Crippen LogP contribution >= 0.6 is 23.2 Å². The number of hydrogen-bond donors (Lipinski definition) is 3. The van der Waals surface area contributed by atoms with Crippen molar-refractivity contribution in [3.05, 3.63) is 28.2 Å². The van der Waals surface area contributed by atoms with Gasteiger partial charge in [0.15, 0.2) is 0 Å². The molecule has 1 rings (SSSR count). The molecule has 0 fully saturated rings. The Hall–Kier alpha value is -1.01. The van der Waals surface area contributed by atoms with Crippen molar-refractivity contribution in [1.82, 2.24) is 5.43 Å². The van der Waals surface area contributed by atoms with Gasteiger partial charge >= 0.3 is 0 Å². The predicted octanol–water partition coefficient (Wildman–Crippen LogP) is 2.65. The minimum atomic E-state index is 0.431. The Labute approximate surface area is 123 Å². The third kappa shape index (κ3) is 6.11. The molecule has 0 bridgehead atoms. The molecule has 7 heteroatoms. The van der Waals surface area contributed by atoms with Crippen LogP contribution in [0.3, 0.4) is 0 Å². The van der Waals surface area contributed by atoms with Gasteiger partial charge in [0.1, 0.15) is 0 Å². The van der Waals surface area contributed by atoms with E-state index < -0.39 is 0 Å². The molecule has 4 N–H and O–H groups in total. The van der Waals surface area contributed by atoms with Crippen molar-refractivity contribution in [2.24, 2.45) is 10.8 Å². The fourth-order valence-corrected chi connectivity index (χ4v) is 1.68. The van der Waals surface area contributed by atoms with E-state index in [4.69, 9.17) is 33.8 Å². The van der Waals surface area contributed by atoms with E-state index in [2.05, 4.69) is 15.7 Å². The highest BCUT2D eigenvalue weighted by molar-refractivity contribution is 6.35. The van der Waals surface area contributed by atoms with E-state index in [1.54, 1.807) is 18.2 Å². The predicted molar refractivity (Wildman–Crippen MR) is 80.8 cm³/mol. The number of nitrogens with one attached hydrogen (secondary N) is 2. The Balaban J connectivity index is 2.55. The van der Waals surface area contributed by atoms with Crippen molar-refractivity contribution in [3.8, 4) is 0 Å². The second-order valence-corrected chi connectivity index (χ2v) is 4.52. The number of nitrogens with two attached hydrogens (primary N) is 1. The van der Waals surface area contributed by atoms with Crippen molar-refractivity contribution in [2.45, 2.75) is 13.3 Å². The fourth-order valence-electron chi connectivity index (χ4n) is 1.34. The minimum absolute atomic E-state index is 0.431. The summed E-state index contributed by atoms with van der Waals surface area (Å²) in [6.45, 7) is 3.95. The average Bonchev–Trinajstić information content (AvgIpc) is 2.41. The second-order valence-electron chi connectivity index (χ2n) is 3.67. The van der Waals surface area contributed by atoms with Gasteiger partial charge in [-0.15, -0.1) is 0 Å². The molecule has 0 amide bonds. The summed E-state index contributed by atoms with van der Waals surface area (Å²) in [5, 5.41) is 4.11. The highest BCUT2D eigenvalue weighted by Crippen LogP contribution is 2.25. The highest BCUT2D eigenvalue weighted by Gasteiger charge is 2.03. The van der Waals surface area contributed by atoms with Crippen LogP contribution in [0.5, 0.6) is 0 Å². The van der Waals surface area contributed by atoms with Crippen LogP contribution in [-0.4, -0.2) is 25.7 Å². The molecule has 0 spiro atoms. The second kappa shape index (κ2) is 8.98. The number of benzene rings is 1. The maximum atomic E-state index is 6.04. The van der Waals surface area contributed by atoms with Gasteiger partial charge in [0.25, 0.3) is 0 Å². The van der Waals surface area contributed by atoms with E-state index in [0.717, 1.165) is 6.42 Å². The van der Waals surface area contributed by atoms with Crippen LogP contribution in [-0.2, 0) is 4.74 Å². The maximum Gasteiger partial charge on any atom is 0.210 e. The fraction of sp³-hybridized carbons (Fsp3) is 0.417. The topological polar surface area (TPSA) is 71.7 Å². The molecule has 0 radical (unpaired) electrons. The summed E-state index contributed by atoms with van der Waals surface area (Å²) in [5.74, 6) is 5.83. The van der Waals surface area contributed by atoms with Crippen molar-refractivity contribution in [3.63, 3.8) is 0 Å². The normalized spacial score (nSPS) is 11.5. The lowest BCUT2D eigenvalue weighted by atomic mass is 10.3. The van der Waals surface area contributed by atoms with Gasteiger partial charge in [0.05, 0.1) is 10.7 Å². The number of ether oxygens (including phenoxy) is 1. The Morgan fingerprint density at radius 1 is 1.42 bits per heavy atom. The molecular weight excluding hydrogens is 287 g/mol. The Kier molecular flexibility index (Phi) is 7.59.